The van der Waals surface area contributed by atoms with Crippen LogP contribution in [-0.2, 0) is 16.0 Å². The molecule has 5 heteroatoms. The predicted molar refractivity (Wildman–Crippen MR) is 59.7 cm³/mol. The largest absolute Gasteiger partial charge is 0.465 e. The lowest BCUT2D eigenvalue weighted by Gasteiger charge is -2.03. The Morgan fingerprint density at radius 2 is 2.20 bits per heavy atom. The van der Waals surface area contributed by atoms with E-state index in [0.717, 1.165) is 17.1 Å². The van der Waals surface area contributed by atoms with Crippen LogP contribution >= 0.6 is 11.8 Å². The fraction of sp³-hybridized carbons (Fsp3) is 0.500. The topological polar surface area (TPSA) is 52.1 Å². The summed E-state index contributed by atoms with van der Waals surface area (Å²) in [6.07, 6.45) is 4.93. The van der Waals surface area contributed by atoms with Gasteiger partial charge in [0.15, 0.2) is 0 Å². The highest BCUT2D eigenvalue weighted by Gasteiger charge is 2.04. The van der Waals surface area contributed by atoms with Gasteiger partial charge >= 0.3 is 5.97 Å². The molecule has 0 saturated carbocycles. The van der Waals surface area contributed by atoms with Gasteiger partial charge in [0.05, 0.1) is 6.42 Å². The lowest BCUT2D eigenvalue weighted by Crippen LogP contribution is -2.10. The molecule has 0 unspecified atom stereocenters. The molecule has 0 aliphatic heterocycles. The molecule has 1 rings (SSSR count). The molecule has 1 aromatic heterocycles. The molecule has 0 N–H and O–H groups in total. The summed E-state index contributed by atoms with van der Waals surface area (Å²) in [7, 11) is 0. The van der Waals surface area contributed by atoms with E-state index in [1.807, 2.05) is 0 Å². The molecule has 15 heavy (non-hydrogen) atoms. The number of hydrogen-bond acceptors (Lipinski definition) is 5. The molecule has 0 bridgehead atoms. The highest BCUT2D eigenvalue weighted by Crippen LogP contribution is 2.00. The average molecular weight is 226 g/mol. The third kappa shape index (κ3) is 5.37. The maximum atomic E-state index is 11.3. The van der Waals surface area contributed by atoms with Crippen LogP contribution in [-0.4, -0.2) is 34.0 Å². The van der Waals surface area contributed by atoms with Crippen LogP contribution in [0.1, 0.15) is 12.5 Å². The fourth-order valence-electron chi connectivity index (χ4n) is 0.998. The molecule has 0 aromatic carbocycles. The number of nitrogens with zero attached hydrogens (tertiary/aromatic N) is 2. The number of rotatable bonds is 6. The van der Waals surface area contributed by atoms with Crippen LogP contribution in [0.3, 0.4) is 0 Å². The van der Waals surface area contributed by atoms with Gasteiger partial charge in [-0.05, 0) is 11.3 Å². The van der Waals surface area contributed by atoms with Gasteiger partial charge in [-0.2, -0.15) is 11.8 Å². The van der Waals surface area contributed by atoms with Gasteiger partial charge in [0.25, 0.3) is 0 Å². The van der Waals surface area contributed by atoms with E-state index in [1.165, 1.54) is 6.33 Å². The quantitative estimate of drug-likeness (QED) is 0.541. The van der Waals surface area contributed by atoms with Crippen molar-refractivity contribution in [1.82, 2.24) is 9.97 Å². The summed E-state index contributed by atoms with van der Waals surface area (Å²) >= 11 is 1.75. The maximum Gasteiger partial charge on any atom is 0.310 e. The molecular weight excluding hydrogens is 212 g/mol. The van der Waals surface area contributed by atoms with E-state index < -0.39 is 0 Å². The van der Waals surface area contributed by atoms with Crippen molar-refractivity contribution in [3.63, 3.8) is 0 Å². The van der Waals surface area contributed by atoms with Crippen molar-refractivity contribution in [1.29, 1.82) is 0 Å². The standard InChI is InChI=1S/C10H14N2O2S/c1-2-15-4-3-14-10(13)5-9-6-11-8-12-7-9/h6-8H,2-5H2,1H3. The van der Waals surface area contributed by atoms with Gasteiger partial charge in [0.2, 0.25) is 0 Å². The Morgan fingerprint density at radius 3 is 2.87 bits per heavy atom. The van der Waals surface area contributed by atoms with Crippen LogP contribution in [0.2, 0.25) is 0 Å². The molecule has 0 aliphatic rings. The molecular formula is C10H14N2O2S. The lowest BCUT2D eigenvalue weighted by atomic mass is 10.2. The Morgan fingerprint density at radius 1 is 1.47 bits per heavy atom. The zero-order valence-electron chi connectivity index (χ0n) is 8.68. The van der Waals surface area contributed by atoms with E-state index >= 15 is 0 Å². The van der Waals surface area contributed by atoms with Crippen LogP contribution in [0, 0.1) is 0 Å². The van der Waals surface area contributed by atoms with Gasteiger partial charge in [-0.1, -0.05) is 6.92 Å². The minimum Gasteiger partial charge on any atom is -0.465 e. The monoisotopic (exact) mass is 226 g/mol. The molecule has 0 radical (unpaired) electrons. The van der Waals surface area contributed by atoms with Crippen LogP contribution in [0.25, 0.3) is 0 Å². The zero-order valence-corrected chi connectivity index (χ0v) is 9.50. The van der Waals surface area contributed by atoms with Crippen molar-refractivity contribution in [2.45, 2.75) is 13.3 Å². The van der Waals surface area contributed by atoms with Crippen molar-refractivity contribution in [3.05, 3.63) is 24.3 Å². The Balaban J connectivity index is 2.19. The molecule has 0 aliphatic carbocycles. The number of aromatic nitrogens is 2. The third-order valence-electron chi connectivity index (χ3n) is 1.66. The summed E-state index contributed by atoms with van der Waals surface area (Å²) in [6, 6.07) is 0. The van der Waals surface area contributed by atoms with E-state index in [4.69, 9.17) is 4.74 Å². The lowest BCUT2D eigenvalue weighted by molar-refractivity contribution is -0.142. The van der Waals surface area contributed by atoms with Crippen molar-refractivity contribution < 1.29 is 9.53 Å². The predicted octanol–water partition coefficient (Wildman–Crippen LogP) is 1.32. The minimum atomic E-state index is -0.221. The molecule has 0 saturated heterocycles. The number of thioether (sulfide) groups is 1. The fourth-order valence-corrected chi connectivity index (χ4v) is 1.49. The smallest absolute Gasteiger partial charge is 0.310 e. The first-order chi connectivity index (χ1) is 7.33. The number of carbonyl (C=O) groups excluding carboxylic acids is 1. The van der Waals surface area contributed by atoms with Gasteiger partial charge in [0.1, 0.15) is 12.9 Å². The Kier molecular flexibility index (Phi) is 5.77. The minimum absolute atomic E-state index is 0.221. The van der Waals surface area contributed by atoms with Crippen molar-refractivity contribution in [2.24, 2.45) is 0 Å². The summed E-state index contributed by atoms with van der Waals surface area (Å²) in [5.41, 5.74) is 0.783. The second kappa shape index (κ2) is 7.23. The van der Waals surface area contributed by atoms with Gasteiger partial charge < -0.3 is 4.74 Å². The summed E-state index contributed by atoms with van der Waals surface area (Å²) in [6.45, 7) is 2.55. The summed E-state index contributed by atoms with van der Waals surface area (Å²) in [5.74, 6) is 1.68. The summed E-state index contributed by atoms with van der Waals surface area (Å²) in [5, 5.41) is 0. The van der Waals surface area contributed by atoms with Crippen LogP contribution in [0.15, 0.2) is 18.7 Å². The third-order valence-corrected chi connectivity index (χ3v) is 2.52. The van der Waals surface area contributed by atoms with E-state index in [2.05, 4.69) is 16.9 Å². The maximum absolute atomic E-state index is 11.3. The number of hydrogen-bond donors (Lipinski definition) is 0. The highest BCUT2D eigenvalue weighted by atomic mass is 32.2. The second-order valence-corrected chi connectivity index (χ2v) is 4.23. The molecule has 1 aromatic rings. The van der Waals surface area contributed by atoms with Crippen LogP contribution in [0.5, 0.6) is 0 Å². The average Bonchev–Trinajstić information content (AvgIpc) is 2.26. The van der Waals surface area contributed by atoms with Crippen molar-refractivity contribution in [3.8, 4) is 0 Å². The molecule has 0 amide bonds. The Hall–Kier alpha value is -1.10. The first-order valence-electron chi connectivity index (χ1n) is 4.80. The van der Waals surface area contributed by atoms with Gasteiger partial charge in [-0.25, -0.2) is 9.97 Å². The Bertz CT molecular complexity index is 293. The molecule has 82 valence electrons. The molecule has 0 atom stereocenters. The van der Waals surface area contributed by atoms with Crippen LogP contribution < -0.4 is 0 Å². The second-order valence-electron chi connectivity index (χ2n) is 2.84. The number of ether oxygens (including phenoxy) is 1. The van der Waals surface area contributed by atoms with Gasteiger partial charge in [0, 0.05) is 18.1 Å². The number of esters is 1. The molecule has 0 spiro atoms. The van der Waals surface area contributed by atoms with E-state index in [-0.39, 0.29) is 12.4 Å². The zero-order chi connectivity index (χ0) is 10.9. The van der Waals surface area contributed by atoms with Crippen LogP contribution in [0.4, 0.5) is 0 Å². The summed E-state index contributed by atoms with van der Waals surface area (Å²) < 4.78 is 5.03. The number of carbonyl (C=O) groups is 1. The molecule has 4 nitrogen and oxygen atoms in total. The molecule has 1 heterocycles. The Labute approximate surface area is 93.5 Å². The first kappa shape index (κ1) is 12.0. The van der Waals surface area contributed by atoms with Gasteiger partial charge in [-0.15, -0.1) is 0 Å². The normalized spacial score (nSPS) is 9.93. The SMILES string of the molecule is CCSCCOC(=O)Cc1cncnc1. The van der Waals surface area contributed by atoms with E-state index in [0.29, 0.717) is 6.61 Å². The summed E-state index contributed by atoms with van der Waals surface area (Å²) in [4.78, 5) is 18.9. The van der Waals surface area contributed by atoms with Crippen molar-refractivity contribution in [2.75, 3.05) is 18.1 Å². The van der Waals surface area contributed by atoms with E-state index in [9.17, 15) is 4.79 Å². The van der Waals surface area contributed by atoms with Gasteiger partial charge in [-0.3, -0.25) is 4.79 Å². The van der Waals surface area contributed by atoms with Crippen molar-refractivity contribution >= 4 is 17.7 Å². The highest BCUT2D eigenvalue weighted by molar-refractivity contribution is 7.99. The van der Waals surface area contributed by atoms with E-state index in [1.54, 1.807) is 24.2 Å². The first-order valence-corrected chi connectivity index (χ1v) is 5.95. The molecule has 0 fully saturated rings.